The third-order valence-corrected chi connectivity index (χ3v) is 17.6. The number of hydrogen-bond acceptors (Lipinski definition) is 4. The minimum atomic E-state index is 0.537. The first-order valence-electron chi connectivity index (χ1n) is 26.5. The van der Waals surface area contributed by atoms with E-state index in [-0.39, 0.29) is 0 Å². The fraction of sp³-hybridized carbons (Fsp3) is 0.235. The van der Waals surface area contributed by atoms with E-state index in [1.807, 2.05) is 0 Å². The van der Waals surface area contributed by atoms with E-state index in [4.69, 9.17) is 8.83 Å². The number of fused-ring (bicyclic) bond motifs is 6. The summed E-state index contributed by atoms with van der Waals surface area (Å²) in [6.45, 7) is 13.5. The maximum absolute atomic E-state index is 7.24. The van der Waals surface area contributed by atoms with Crippen LogP contribution in [-0.4, -0.2) is 0 Å². The summed E-state index contributed by atoms with van der Waals surface area (Å²) < 4.78 is 14.5. The van der Waals surface area contributed by atoms with E-state index in [1.165, 1.54) is 139 Å². The molecule has 14 rings (SSSR count). The third-order valence-electron chi connectivity index (χ3n) is 17.6. The van der Waals surface area contributed by atoms with Gasteiger partial charge < -0.3 is 18.6 Å². The Bertz CT molecular complexity index is 3840. The van der Waals surface area contributed by atoms with Crippen LogP contribution in [0, 0.1) is 41.5 Å². The van der Waals surface area contributed by atoms with Crippen LogP contribution in [0.25, 0.3) is 76.2 Å². The van der Waals surface area contributed by atoms with Gasteiger partial charge in [0.25, 0.3) is 0 Å². The average Bonchev–Trinajstić information content (AvgIpc) is 4.25. The zero-order chi connectivity index (χ0) is 48.5. The summed E-state index contributed by atoms with van der Waals surface area (Å²) in [6, 6.07) is 55.3. The van der Waals surface area contributed by atoms with E-state index in [1.54, 1.807) is 0 Å². The Kier molecular flexibility index (Phi) is 9.91. The Morgan fingerprint density at radius 2 is 0.694 bits per heavy atom. The summed E-state index contributed by atoms with van der Waals surface area (Å²) >= 11 is 0. The first kappa shape index (κ1) is 43.2. The van der Waals surface area contributed by atoms with Crippen molar-refractivity contribution in [2.75, 3.05) is 9.80 Å². The van der Waals surface area contributed by atoms with Crippen LogP contribution in [0.2, 0.25) is 0 Å². The lowest BCUT2D eigenvalue weighted by molar-refractivity contribution is 0.643. The van der Waals surface area contributed by atoms with Gasteiger partial charge >= 0.3 is 0 Å². The van der Waals surface area contributed by atoms with Crippen LogP contribution >= 0.6 is 0 Å². The second kappa shape index (κ2) is 16.5. The number of furan rings is 2. The van der Waals surface area contributed by atoms with Crippen LogP contribution in [0.5, 0.6) is 0 Å². The largest absolute Gasteiger partial charge is 0.454 e. The molecule has 0 saturated heterocycles. The molecule has 72 heavy (non-hydrogen) atoms. The molecule has 4 nitrogen and oxygen atoms in total. The number of rotatable bonds is 8. The van der Waals surface area contributed by atoms with Gasteiger partial charge in [-0.15, -0.1) is 0 Å². The zero-order valence-electron chi connectivity index (χ0n) is 42.4. The summed E-state index contributed by atoms with van der Waals surface area (Å²) in [6.07, 6.45) is 10.0. The van der Waals surface area contributed by atoms with Crippen molar-refractivity contribution in [2.45, 2.75) is 105 Å². The summed E-state index contributed by atoms with van der Waals surface area (Å²) in [4.78, 5) is 4.97. The molecule has 354 valence electrons. The highest BCUT2D eigenvalue weighted by atomic mass is 16.3. The first-order chi connectivity index (χ1) is 35.2. The van der Waals surface area contributed by atoms with E-state index in [0.717, 1.165) is 67.2 Å². The molecule has 2 aromatic heterocycles. The third kappa shape index (κ3) is 6.50. The highest BCUT2D eigenvalue weighted by Gasteiger charge is 2.29. The summed E-state index contributed by atoms with van der Waals surface area (Å²) in [7, 11) is 0. The van der Waals surface area contributed by atoms with Crippen molar-refractivity contribution in [1.29, 1.82) is 0 Å². The number of aryl methyl sites for hydroxylation is 4. The molecule has 0 spiro atoms. The molecule has 2 aliphatic rings. The van der Waals surface area contributed by atoms with Gasteiger partial charge in [0.1, 0.15) is 11.2 Å². The van der Waals surface area contributed by atoms with E-state index < -0.39 is 0 Å². The van der Waals surface area contributed by atoms with E-state index in [9.17, 15) is 0 Å². The lowest BCUT2D eigenvalue weighted by Crippen LogP contribution is -2.13. The monoisotopic (exact) mass is 936 g/mol. The van der Waals surface area contributed by atoms with Crippen molar-refractivity contribution in [3.05, 3.63) is 190 Å². The second-order valence-electron chi connectivity index (χ2n) is 21.6. The standard InChI is InChI=1S/C68H60N2O2/c1-39-35-49(36-40(2)43(39)5)69(61-25-13-23-55-53-21-11-19-51(45-15-7-8-16-45)65(53)71-67(55)61)59-33-29-47-28-32-58-60(34-30-48-27-31-57(59)63(47)64(48)58)70(50-37-41(3)44(6)42(4)38-50)62-26-14-24-56-54-22-12-20-52(46-17-9-10-18-46)66(54)72-68(56)62/h11-14,19-38,45-46H,7-10,15-18H2,1-6H3. The molecule has 10 aromatic carbocycles. The van der Waals surface area contributed by atoms with Crippen LogP contribution in [0.1, 0.15) is 108 Å². The summed E-state index contributed by atoms with van der Waals surface area (Å²) in [5.41, 5.74) is 21.0. The molecule has 2 heterocycles. The van der Waals surface area contributed by atoms with Gasteiger partial charge in [-0.25, -0.2) is 0 Å². The molecule has 0 unspecified atom stereocenters. The van der Waals surface area contributed by atoms with E-state index in [2.05, 4.69) is 197 Å². The highest BCUT2D eigenvalue weighted by Crippen LogP contribution is 2.52. The van der Waals surface area contributed by atoms with Gasteiger partial charge in [-0.3, -0.25) is 0 Å². The van der Waals surface area contributed by atoms with Crippen LogP contribution < -0.4 is 9.80 Å². The molecule has 0 N–H and O–H groups in total. The Balaban J connectivity index is 1.02. The van der Waals surface area contributed by atoms with Gasteiger partial charge in [-0.1, -0.05) is 123 Å². The Morgan fingerprint density at radius 3 is 1.08 bits per heavy atom. The predicted octanol–water partition coefficient (Wildman–Crippen LogP) is 20.5. The molecule has 4 heteroatoms. The Hall–Kier alpha value is -7.56. The minimum absolute atomic E-state index is 0.537. The fourth-order valence-corrected chi connectivity index (χ4v) is 13.4. The quantitative estimate of drug-likeness (QED) is 0.142. The summed E-state index contributed by atoms with van der Waals surface area (Å²) in [5, 5.41) is 12.1. The zero-order valence-corrected chi connectivity index (χ0v) is 42.4. The van der Waals surface area contributed by atoms with Gasteiger partial charge in [0.15, 0.2) is 11.2 Å². The second-order valence-corrected chi connectivity index (χ2v) is 21.6. The van der Waals surface area contributed by atoms with Gasteiger partial charge in [-0.2, -0.15) is 0 Å². The maximum Gasteiger partial charge on any atom is 0.159 e. The Labute approximate surface area is 421 Å². The lowest BCUT2D eigenvalue weighted by Gasteiger charge is -2.30. The van der Waals surface area contributed by atoms with Crippen molar-refractivity contribution in [2.24, 2.45) is 0 Å². The van der Waals surface area contributed by atoms with E-state index >= 15 is 0 Å². The minimum Gasteiger partial charge on any atom is -0.454 e. The smallest absolute Gasteiger partial charge is 0.159 e. The highest BCUT2D eigenvalue weighted by molar-refractivity contribution is 6.29. The van der Waals surface area contributed by atoms with Gasteiger partial charge in [-0.05, 0) is 194 Å². The molecular weight excluding hydrogens is 877 g/mol. The number of para-hydroxylation sites is 4. The van der Waals surface area contributed by atoms with Crippen molar-refractivity contribution in [3.8, 4) is 0 Å². The SMILES string of the molecule is Cc1cc(N(c2ccc3ccc4c(N(c5cc(C)c(C)c(C)c5)c5cccc6c5oc5c(C7CCCC7)cccc56)ccc5ccc2c3c54)c2cccc3c2oc2c(C4CCCC4)cccc23)cc(C)c1C. The number of hydrogen-bond donors (Lipinski definition) is 0. The molecule has 2 aliphatic carbocycles. The molecule has 0 bridgehead atoms. The molecular formula is C68H60N2O2. The predicted molar refractivity (Wildman–Crippen MR) is 305 cm³/mol. The van der Waals surface area contributed by atoms with Gasteiger partial charge in [0.2, 0.25) is 0 Å². The van der Waals surface area contributed by atoms with Gasteiger partial charge in [0, 0.05) is 43.7 Å². The van der Waals surface area contributed by atoms with Crippen LogP contribution in [-0.2, 0) is 0 Å². The van der Waals surface area contributed by atoms with E-state index in [0.29, 0.717) is 11.8 Å². The van der Waals surface area contributed by atoms with Crippen LogP contribution in [0.15, 0.2) is 154 Å². The van der Waals surface area contributed by atoms with Gasteiger partial charge in [0.05, 0.1) is 22.7 Å². The molecule has 12 aromatic rings. The number of benzene rings is 10. The number of anilines is 6. The normalized spacial score (nSPS) is 14.8. The van der Waals surface area contributed by atoms with Crippen LogP contribution in [0.3, 0.4) is 0 Å². The first-order valence-corrected chi connectivity index (χ1v) is 26.5. The topological polar surface area (TPSA) is 32.8 Å². The van der Waals surface area contributed by atoms with Crippen molar-refractivity contribution in [3.63, 3.8) is 0 Å². The average molecular weight is 937 g/mol. The molecule has 2 saturated carbocycles. The van der Waals surface area contributed by atoms with Crippen molar-refractivity contribution in [1.82, 2.24) is 0 Å². The lowest BCUT2D eigenvalue weighted by atomic mass is 9.91. The van der Waals surface area contributed by atoms with Crippen LogP contribution in [0.4, 0.5) is 34.1 Å². The van der Waals surface area contributed by atoms with Crippen molar-refractivity contribution < 1.29 is 8.83 Å². The molecule has 0 amide bonds. The molecule has 0 aliphatic heterocycles. The Morgan fingerprint density at radius 1 is 0.347 bits per heavy atom. The summed E-state index contributed by atoms with van der Waals surface area (Å²) in [5.74, 6) is 1.07. The van der Waals surface area contributed by atoms with Crippen molar-refractivity contribution >= 4 is 110 Å². The fourth-order valence-electron chi connectivity index (χ4n) is 13.4. The molecule has 0 atom stereocenters. The maximum atomic E-state index is 7.24. The molecule has 2 fully saturated rings. The number of nitrogens with zero attached hydrogens (tertiary/aromatic N) is 2. The molecule has 0 radical (unpaired) electrons.